The van der Waals surface area contributed by atoms with E-state index >= 15 is 0 Å². The largest absolute Gasteiger partial charge is 0.497 e. The maximum absolute atomic E-state index is 12.7. The third-order valence-electron chi connectivity index (χ3n) is 3.74. The Labute approximate surface area is 131 Å². The van der Waals surface area contributed by atoms with E-state index < -0.39 is 5.54 Å². The highest BCUT2D eigenvalue weighted by Crippen LogP contribution is 2.21. The molecular weight excluding hydrogens is 276 g/mol. The lowest BCUT2D eigenvalue weighted by Crippen LogP contribution is -2.49. The molecule has 22 heavy (non-hydrogen) atoms. The van der Waals surface area contributed by atoms with Gasteiger partial charge in [-0.2, -0.15) is 0 Å². The molecule has 0 aliphatic carbocycles. The Morgan fingerprint density at radius 2 is 1.73 bits per heavy atom. The highest BCUT2D eigenvalue weighted by molar-refractivity contribution is 5.86. The zero-order chi connectivity index (χ0) is 16.2. The van der Waals surface area contributed by atoms with Crippen molar-refractivity contribution in [1.82, 2.24) is 4.90 Å². The summed E-state index contributed by atoms with van der Waals surface area (Å²) < 4.78 is 5.13. The van der Waals surface area contributed by atoms with Crippen LogP contribution in [0.2, 0.25) is 0 Å². The van der Waals surface area contributed by atoms with Gasteiger partial charge in [-0.3, -0.25) is 4.79 Å². The maximum atomic E-state index is 12.7. The van der Waals surface area contributed by atoms with E-state index in [9.17, 15) is 4.79 Å². The SMILES string of the molecule is COc1ccc(CN(C)C(=O)C(C)(N)c2ccccc2)cc1. The van der Waals surface area contributed by atoms with E-state index in [1.54, 1.807) is 26.0 Å². The minimum atomic E-state index is -1.04. The van der Waals surface area contributed by atoms with Gasteiger partial charge >= 0.3 is 0 Å². The monoisotopic (exact) mass is 298 g/mol. The highest BCUT2D eigenvalue weighted by Gasteiger charge is 2.32. The molecule has 2 N–H and O–H groups in total. The first kappa shape index (κ1) is 16.0. The van der Waals surface area contributed by atoms with Crippen LogP contribution >= 0.6 is 0 Å². The van der Waals surface area contributed by atoms with Gasteiger partial charge in [-0.1, -0.05) is 42.5 Å². The fourth-order valence-electron chi connectivity index (χ4n) is 2.38. The Bertz CT molecular complexity index is 621. The number of hydrogen-bond acceptors (Lipinski definition) is 3. The van der Waals surface area contributed by atoms with Gasteiger partial charge in [0.2, 0.25) is 5.91 Å². The third kappa shape index (κ3) is 3.46. The molecule has 0 bridgehead atoms. The van der Waals surface area contributed by atoms with Crippen molar-refractivity contribution in [2.75, 3.05) is 14.2 Å². The second-order valence-electron chi connectivity index (χ2n) is 5.58. The molecule has 116 valence electrons. The van der Waals surface area contributed by atoms with Crippen LogP contribution in [0.15, 0.2) is 54.6 Å². The van der Waals surface area contributed by atoms with Crippen molar-refractivity contribution in [3.8, 4) is 5.75 Å². The van der Waals surface area contributed by atoms with Gasteiger partial charge < -0.3 is 15.4 Å². The summed E-state index contributed by atoms with van der Waals surface area (Å²) in [5, 5.41) is 0. The van der Waals surface area contributed by atoms with Crippen molar-refractivity contribution in [1.29, 1.82) is 0 Å². The van der Waals surface area contributed by atoms with Crippen molar-refractivity contribution >= 4 is 5.91 Å². The fraction of sp³-hybridized carbons (Fsp3) is 0.278. The van der Waals surface area contributed by atoms with Crippen molar-refractivity contribution in [2.45, 2.75) is 19.0 Å². The van der Waals surface area contributed by atoms with E-state index in [-0.39, 0.29) is 5.91 Å². The molecule has 4 nitrogen and oxygen atoms in total. The number of amides is 1. The molecule has 0 aliphatic heterocycles. The maximum Gasteiger partial charge on any atom is 0.247 e. The summed E-state index contributed by atoms with van der Waals surface area (Å²) in [5.74, 6) is 0.681. The molecule has 0 saturated heterocycles. The first-order valence-electron chi connectivity index (χ1n) is 7.18. The van der Waals surface area contributed by atoms with Crippen LogP contribution in [0.1, 0.15) is 18.1 Å². The zero-order valence-corrected chi connectivity index (χ0v) is 13.2. The van der Waals surface area contributed by atoms with Crippen LogP contribution < -0.4 is 10.5 Å². The molecule has 0 radical (unpaired) electrons. The van der Waals surface area contributed by atoms with Crippen molar-refractivity contribution in [2.24, 2.45) is 5.73 Å². The summed E-state index contributed by atoms with van der Waals surface area (Å²) in [5.41, 5.74) is 7.07. The molecule has 0 spiro atoms. The lowest BCUT2D eigenvalue weighted by atomic mass is 9.91. The number of rotatable bonds is 5. The lowest BCUT2D eigenvalue weighted by molar-refractivity contribution is -0.136. The molecule has 0 heterocycles. The Kier molecular flexibility index (Phi) is 4.83. The molecular formula is C18H22N2O2. The molecule has 1 unspecified atom stereocenters. The lowest BCUT2D eigenvalue weighted by Gasteiger charge is -2.29. The first-order chi connectivity index (χ1) is 10.4. The predicted octanol–water partition coefficient (Wildman–Crippen LogP) is 2.53. The van der Waals surface area contributed by atoms with E-state index in [0.717, 1.165) is 16.9 Å². The van der Waals surface area contributed by atoms with E-state index in [4.69, 9.17) is 10.5 Å². The number of hydrogen-bond donors (Lipinski definition) is 1. The number of nitrogens with two attached hydrogens (primary N) is 1. The normalized spacial score (nSPS) is 13.3. The fourth-order valence-corrected chi connectivity index (χ4v) is 2.38. The smallest absolute Gasteiger partial charge is 0.247 e. The van der Waals surface area contributed by atoms with Gasteiger partial charge in [0.25, 0.3) is 0 Å². The Morgan fingerprint density at radius 1 is 1.14 bits per heavy atom. The molecule has 2 aromatic rings. The summed E-state index contributed by atoms with van der Waals surface area (Å²) in [6.45, 7) is 2.25. The van der Waals surface area contributed by atoms with Gasteiger partial charge in [0.05, 0.1) is 7.11 Å². The van der Waals surface area contributed by atoms with Crippen LogP contribution in [0, 0.1) is 0 Å². The Hall–Kier alpha value is -2.33. The standard InChI is InChI=1S/C18H22N2O2/c1-18(19,15-7-5-4-6-8-15)17(21)20(2)13-14-9-11-16(22-3)12-10-14/h4-12H,13,19H2,1-3H3. The molecule has 4 heteroatoms. The van der Waals surface area contributed by atoms with Gasteiger partial charge in [-0.15, -0.1) is 0 Å². The summed E-state index contributed by atoms with van der Waals surface area (Å²) in [4.78, 5) is 14.3. The number of ether oxygens (including phenoxy) is 1. The van der Waals surface area contributed by atoms with E-state index in [0.29, 0.717) is 6.54 Å². The number of likely N-dealkylation sites (N-methyl/N-ethyl adjacent to an activating group) is 1. The summed E-state index contributed by atoms with van der Waals surface area (Å²) in [6.07, 6.45) is 0. The van der Waals surface area contributed by atoms with Crippen LogP contribution in [0.3, 0.4) is 0 Å². The summed E-state index contributed by atoms with van der Waals surface area (Å²) in [7, 11) is 3.39. The molecule has 0 aliphatic rings. The van der Waals surface area contributed by atoms with Crippen LogP contribution in [-0.4, -0.2) is 25.0 Å². The van der Waals surface area contributed by atoms with Gasteiger partial charge in [0.1, 0.15) is 11.3 Å². The molecule has 2 rings (SSSR count). The summed E-state index contributed by atoms with van der Waals surface area (Å²) in [6, 6.07) is 17.1. The minimum Gasteiger partial charge on any atom is -0.497 e. The minimum absolute atomic E-state index is 0.116. The van der Waals surface area contributed by atoms with Crippen LogP contribution in [0.25, 0.3) is 0 Å². The topological polar surface area (TPSA) is 55.6 Å². The molecule has 1 atom stereocenters. The van der Waals surface area contributed by atoms with Crippen LogP contribution in [-0.2, 0) is 16.9 Å². The van der Waals surface area contributed by atoms with Crippen molar-refractivity contribution in [3.05, 3.63) is 65.7 Å². The van der Waals surface area contributed by atoms with E-state index in [1.165, 1.54) is 0 Å². The Balaban J connectivity index is 2.11. The predicted molar refractivity (Wildman–Crippen MR) is 87.4 cm³/mol. The van der Waals surface area contributed by atoms with Crippen LogP contribution in [0.4, 0.5) is 0 Å². The Morgan fingerprint density at radius 3 is 2.27 bits per heavy atom. The highest BCUT2D eigenvalue weighted by atomic mass is 16.5. The van der Waals surface area contributed by atoms with Crippen molar-refractivity contribution < 1.29 is 9.53 Å². The van der Waals surface area contributed by atoms with E-state index in [2.05, 4.69) is 0 Å². The average molecular weight is 298 g/mol. The molecule has 1 amide bonds. The second-order valence-corrected chi connectivity index (χ2v) is 5.58. The number of methoxy groups -OCH3 is 1. The van der Waals surface area contributed by atoms with Gasteiger partial charge in [-0.05, 0) is 30.2 Å². The van der Waals surface area contributed by atoms with Gasteiger partial charge in [0.15, 0.2) is 0 Å². The number of benzene rings is 2. The first-order valence-corrected chi connectivity index (χ1v) is 7.18. The number of carbonyl (C=O) groups is 1. The zero-order valence-electron chi connectivity index (χ0n) is 13.2. The third-order valence-corrected chi connectivity index (χ3v) is 3.74. The van der Waals surface area contributed by atoms with Crippen molar-refractivity contribution in [3.63, 3.8) is 0 Å². The summed E-state index contributed by atoms with van der Waals surface area (Å²) >= 11 is 0. The molecule has 0 saturated carbocycles. The number of nitrogens with zero attached hydrogens (tertiary/aromatic N) is 1. The van der Waals surface area contributed by atoms with E-state index in [1.807, 2.05) is 54.6 Å². The molecule has 2 aromatic carbocycles. The molecule has 0 fully saturated rings. The second kappa shape index (κ2) is 6.62. The number of carbonyl (C=O) groups excluding carboxylic acids is 1. The quantitative estimate of drug-likeness (QED) is 0.923. The van der Waals surface area contributed by atoms with Crippen LogP contribution in [0.5, 0.6) is 5.75 Å². The van der Waals surface area contributed by atoms with Gasteiger partial charge in [0, 0.05) is 13.6 Å². The average Bonchev–Trinajstić information content (AvgIpc) is 2.55. The van der Waals surface area contributed by atoms with Gasteiger partial charge in [-0.25, -0.2) is 0 Å². The molecule has 0 aromatic heterocycles.